The van der Waals surface area contributed by atoms with Gasteiger partial charge in [-0.2, -0.15) is 4.31 Å². The zero-order valence-electron chi connectivity index (χ0n) is 15.3. The maximum Gasteiger partial charge on any atom is 0.253 e. The third-order valence-corrected chi connectivity index (χ3v) is 6.51. The van der Waals surface area contributed by atoms with Crippen molar-refractivity contribution in [3.8, 4) is 0 Å². The Kier molecular flexibility index (Phi) is 6.07. The lowest BCUT2D eigenvalue weighted by molar-refractivity contribution is 0.0697. The number of hydrogen-bond acceptors (Lipinski definition) is 4. The molecule has 6 nitrogen and oxygen atoms in total. The van der Waals surface area contributed by atoms with Gasteiger partial charge in [-0.3, -0.25) is 4.79 Å². The summed E-state index contributed by atoms with van der Waals surface area (Å²) in [4.78, 5) is 13.2. The van der Waals surface area contributed by atoms with E-state index >= 15 is 0 Å². The number of hydrogen-bond donors (Lipinski definition) is 0. The fraction of sp³-hybridized carbons (Fsp3) is 0.316. The van der Waals surface area contributed by atoms with E-state index in [-0.39, 0.29) is 32.1 Å². The molecular weight excluding hydrogens is 390 g/mol. The summed E-state index contributed by atoms with van der Waals surface area (Å²) in [7, 11) is -2.73. The van der Waals surface area contributed by atoms with Gasteiger partial charge in [-0.1, -0.05) is 18.2 Å². The predicted molar refractivity (Wildman–Crippen MR) is 98.2 cm³/mol. The first-order valence-electron chi connectivity index (χ1n) is 8.66. The molecule has 0 unspecified atom stereocenters. The van der Waals surface area contributed by atoms with Gasteiger partial charge in [0.15, 0.2) is 4.90 Å². The van der Waals surface area contributed by atoms with Crippen LogP contribution in [0.5, 0.6) is 0 Å². The molecule has 1 saturated heterocycles. The number of amides is 1. The van der Waals surface area contributed by atoms with E-state index in [1.54, 1.807) is 31.4 Å². The highest BCUT2D eigenvalue weighted by Gasteiger charge is 2.34. The molecule has 2 aromatic carbocycles. The molecule has 28 heavy (non-hydrogen) atoms. The van der Waals surface area contributed by atoms with Crippen molar-refractivity contribution in [2.45, 2.75) is 11.5 Å². The topological polar surface area (TPSA) is 66.9 Å². The lowest BCUT2D eigenvalue weighted by Crippen LogP contribution is -2.50. The summed E-state index contributed by atoms with van der Waals surface area (Å²) in [6, 6.07) is 9.88. The molecule has 0 aromatic heterocycles. The third kappa shape index (κ3) is 4.06. The highest BCUT2D eigenvalue weighted by molar-refractivity contribution is 7.89. The molecule has 150 valence electrons. The number of ether oxygens (including phenoxy) is 1. The third-order valence-electron chi connectivity index (χ3n) is 4.55. The van der Waals surface area contributed by atoms with Gasteiger partial charge in [0.05, 0.1) is 6.61 Å². The van der Waals surface area contributed by atoms with Gasteiger partial charge in [-0.15, -0.1) is 0 Å². The van der Waals surface area contributed by atoms with Crippen LogP contribution in [0.2, 0.25) is 0 Å². The van der Waals surface area contributed by atoms with E-state index in [0.717, 1.165) is 28.1 Å². The van der Waals surface area contributed by atoms with Crippen LogP contribution < -0.4 is 0 Å². The molecule has 1 amide bonds. The summed E-state index contributed by atoms with van der Waals surface area (Å²) in [5.41, 5.74) is 1.41. The van der Waals surface area contributed by atoms with Gasteiger partial charge in [0.25, 0.3) is 5.91 Å². The fourth-order valence-electron chi connectivity index (χ4n) is 3.08. The zero-order chi connectivity index (χ0) is 20.3. The average molecular weight is 410 g/mol. The van der Waals surface area contributed by atoms with Crippen LogP contribution in [0.15, 0.2) is 47.4 Å². The summed E-state index contributed by atoms with van der Waals surface area (Å²) in [5, 5.41) is 0. The van der Waals surface area contributed by atoms with Crippen LogP contribution in [0.25, 0.3) is 0 Å². The molecule has 0 N–H and O–H groups in total. The van der Waals surface area contributed by atoms with E-state index in [1.165, 1.54) is 4.90 Å². The number of carbonyl (C=O) groups excluding carboxylic acids is 1. The van der Waals surface area contributed by atoms with Gasteiger partial charge in [-0.05, 0) is 29.8 Å². The smallest absolute Gasteiger partial charge is 0.253 e. The molecule has 9 heteroatoms. The van der Waals surface area contributed by atoms with Crippen molar-refractivity contribution in [1.82, 2.24) is 9.21 Å². The molecule has 1 aliphatic heterocycles. The summed E-state index contributed by atoms with van der Waals surface area (Å²) in [6.45, 7) is 0.632. The summed E-state index contributed by atoms with van der Waals surface area (Å²) in [6.07, 6.45) is 0. The Morgan fingerprint density at radius 3 is 2.11 bits per heavy atom. The number of rotatable bonds is 5. The number of sulfonamides is 1. The summed E-state index contributed by atoms with van der Waals surface area (Å²) < 4.78 is 59.0. The van der Waals surface area contributed by atoms with E-state index < -0.39 is 26.6 Å². The first kappa shape index (κ1) is 20.4. The minimum atomic E-state index is -4.32. The highest BCUT2D eigenvalue weighted by atomic mass is 32.2. The molecule has 3 rings (SSSR count). The predicted octanol–water partition coefficient (Wildman–Crippen LogP) is 2.26. The van der Waals surface area contributed by atoms with Crippen molar-refractivity contribution in [3.63, 3.8) is 0 Å². The van der Waals surface area contributed by atoms with Gasteiger partial charge < -0.3 is 9.64 Å². The van der Waals surface area contributed by atoms with E-state index in [2.05, 4.69) is 0 Å². The standard InChI is InChI=1S/C19H20F2N2O4S/c1-27-13-14-5-7-15(8-6-14)19(24)22-9-11-23(12-10-22)28(25,26)18-16(20)3-2-4-17(18)21/h2-8H,9-13H2,1H3. The van der Waals surface area contributed by atoms with Gasteiger partial charge in [0.2, 0.25) is 10.0 Å². The molecule has 1 aliphatic rings. The quantitative estimate of drug-likeness (QED) is 0.759. The van der Waals surface area contributed by atoms with Crippen molar-refractivity contribution in [2.75, 3.05) is 33.3 Å². The van der Waals surface area contributed by atoms with Crippen molar-refractivity contribution in [1.29, 1.82) is 0 Å². The molecule has 0 radical (unpaired) electrons. The van der Waals surface area contributed by atoms with Crippen LogP contribution in [-0.4, -0.2) is 56.8 Å². The number of nitrogens with zero attached hydrogens (tertiary/aromatic N) is 2. The Balaban J connectivity index is 1.69. The lowest BCUT2D eigenvalue weighted by Gasteiger charge is -2.34. The first-order chi connectivity index (χ1) is 13.3. The van der Waals surface area contributed by atoms with E-state index in [4.69, 9.17) is 4.74 Å². The molecule has 0 spiro atoms. The molecule has 0 saturated carbocycles. The zero-order valence-corrected chi connectivity index (χ0v) is 16.1. The number of methoxy groups -OCH3 is 1. The van der Waals surface area contributed by atoms with E-state index in [1.807, 2.05) is 0 Å². The average Bonchev–Trinajstić information content (AvgIpc) is 2.68. The highest BCUT2D eigenvalue weighted by Crippen LogP contribution is 2.24. The largest absolute Gasteiger partial charge is 0.380 e. The number of carbonyl (C=O) groups is 1. The second kappa shape index (κ2) is 8.34. The molecule has 1 heterocycles. The van der Waals surface area contributed by atoms with Crippen LogP contribution in [0.4, 0.5) is 8.78 Å². The van der Waals surface area contributed by atoms with Crippen molar-refractivity contribution < 1.29 is 26.7 Å². The molecule has 0 aliphatic carbocycles. The van der Waals surface area contributed by atoms with Gasteiger partial charge >= 0.3 is 0 Å². The minimum Gasteiger partial charge on any atom is -0.380 e. The second-order valence-corrected chi connectivity index (χ2v) is 8.25. The minimum absolute atomic E-state index is 0.0381. The second-order valence-electron chi connectivity index (χ2n) is 6.38. The van der Waals surface area contributed by atoms with Crippen LogP contribution in [-0.2, 0) is 21.4 Å². The van der Waals surface area contributed by atoms with Gasteiger partial charge in [-0.25, -0.2) is 17.2 Å². The summed E-state index contributed by atoms with van der Waals surface area (Å²) >= 11 is 0. The number of benzene rings is 2. The van der Waals surface area contributed by atoms with E-state index in [0.29, 0.717) is 12.2 Å². The molecule has 1 fully saturated rings. The van der Waals surface area contributed by atoms with Crippen molar-refractivity contribution >= 4 is 15.9 Å². The Morgan fingerprint density at radius 1 is 1.00 bits per heavy atom. The molecule has 0 bridgehead atoms. The fourth-order valence-corrected chi connectivity index (χ4v) is 4.61. The van der Waals surface area contributed by atoms with Crippen molar-refractivity contribution in [3.05, 3.63) is 65.2 Å². The molecule has 2 aromatic rings. The Morgan fingerprint density at radius 2 is 1.57 bits per heavy atom. The van der Waals surface area contributed by atoms with Gasteiger partial charge in [0, 0.05) is 38.9 Å². The summed E-state index contributed by atoms with van der Waals surface area (Å²) in [5.74, 6) is -2.48. The maximum atomic E-state index is 13.9. The maximum absolute atomic E-state index is 13.9. The van der Waals surface area contributed by atoms with Crippen LogP contribution in [0, 0.1) is 11.6 Å². The Bertz CT molecular complexity index is 936. The van der Waals surface area contributed by atoms with E-state index in [9.17, 15) is 22.0 Å². The van der Waals surface area contributed by atoms with Crippen LogP contribution >= 0.6 is 0 Å². The molecular formula is C19H20F2N2O4S. The number of piperazine rings is 1. The normalized spacial score (nSPS) is 15.6. The number of halogens is 2. The van der Waals surface area contributed by atoms with Gasteiger partial charge in [0.1, 0.15) is 11.6 Å². The monoisotopic (exact) mass is 410 g/mol. The Hall–Kier alpha value is -2.36. The molecule has 0 atom stereocenters. The SMILES string of the molecule is COCc1ccc(C(=O)N2CCN(S(=O)(=O)c3c(F)cccc3F)CC2)cc1. The first-order valence-corrected chi connectivity index (χ1v) is 10.1. The Labute approximate surface area is 162 Å². The lowest BCUT2D eigenvalue weighted by atomic mass is 10.1. The van der Waals surface area contributed by atoms with Crippen molar-refractivity contribution in [2.24, 2.45) is 0 Å². The van der Waals surface area contributed by atoms with Crippen LogP contribution in [0.3, 0.4) is 0 Å². The van der Waals surface area contributed by atoms with Crippen LogP contribution in [0.1, 0.15) is 15.9 Å².